The van der Waals surface area contributed by atoms with Crippen molar-refractivity contribution in [3.05, 3.63) is 35.9 Å². The highest BCUT2D eigenvalue weighted by molar-refractivity contribution is 7.99. The Morgan fingerprint density at radius 2 is 1.94 bits per heavy atom. The van der Waals surface area contributed by atoms with Crippen LogP contribution in [-0.4, -0.2) is 11.5 Å². The van der Waals surface area contributed by atoms with E-state index < -0.39 is 0 Å². The van der Waals surface area contributed by atoms with Gasteiger partial charge in [0.25, 0.3) is 0 Å². The van der Waals surface area contributed by atoms with Crippen LogP contribution in [0.15, 0.2) is 30.3 Å². The van der Waals surface area contributed by atoms with E-state index in [2.05, 4.69) is 38.1 Å². The molecule has 1 nitrogen and oxygen atoms in total. The van der Waals surface area contributed by atoms with Gasteiger partial charge in [-0.1, -0.05) is 44.2 Å². The smallest absolute Gasteiger partial charge is 0.0320 e. The maximum absolute atomic E-state index is 6.25. The first-order valence-electron chi connectivity index (χ1n) is 6.14. The van der Waals surface area contributed by atoms with E-state index in [1.165, 1.54) is 29.9 Å². The molecule has 1 aromatic carbocycles. The third kappa shape index (κ3) is 4.58. The molecule has 2 heteroatoms. The molecule has 90 valence electrons. The number of benzene rings is 1. The fraction of sp³-hybridized carbons (Fsp3) is 0.571. The summed E-state index contributed by atoms with van der Waals surface area (Å²) in [6.07, 6.45) is 2.50. The Kier molecular flexibility index (Phi) is 6.58. The molecule has 0 saturated carbocycles. The minimum Gasteiger partial charge on any atom is -0.324 e. The third-order valence-electron chi connectivity index (χ3n) is 2.95. The van der Waals surface area contributed by atoms with Gasteiger partial charge in [0.05, 0.1) is 0 Å². The second-order valence-electron chi connectivity index (χ2n) is 4.25. The number of hydrogen-bond acceptors (Lipinski definition) is 2. The molecule has 2 unspecified atom stereocenters. The van der Waals surface area contributed by atoms with Gasteiger partial charge in [0.15, 0.2) is 0 Å². The van der Waals surface area contributed by atoms with Gasteiger partial charge in [0.1, 0.15) is 0 Å². The van der Waals surface area contributed by atoms with Crippen LogP contribution in [-0.2, 0) is 0 Å². The monoisotopic (exact) mass is 237 g/mol. The molecule has 1 rings (SSSR count). The zero-order valence-corrected chi connectivity index (χ0v) is 11.2. The van der Waals surface area contributed by atoms with E-state index in [0.29, 0.717) is 5.92 Å². The van der Waals surface area contributed by atoms with Crippen LogP contribution in [0.25, 0.3) is 0 Å². The summed E-state index contributed by atoms with van der Waals surface area (Å²) in [6.45, 7) is 4.47. The lowest BCUT2D eigenvalue weighted by Gasteiger charge is -2.20. The van der Waals surface area contributed by atoms with Gasteiger partial charge < -0.3 is 5.73 Å². The highest BCUT2D eigenvalue weighted by Crippen LogP contribution is 2.23. The normalized spacial score (nSPS) is 14.7. The lowest BCUT2D eigenvalue weighted by Crippen LogP contribution is -2.19. The Balaban J connectivity index is 2.33. The van der Waals surface area contributed by atoms with Crippen LogP contribution in [0.2, 0.25) is 0 Å². The molecule has 1 aromatic rings. The van der Waals surface area contributed by atoms with Crippen LogP contribution >= 0.6 is 11.8 Å². The summed E-state index contributed by atoms with van der Waals surface area (Å²) in [5, 5.41) is 0. The van der Waals surface area contributed by atoms with E-state index in [1.807, 2.05) is 17.8 Å². The number of rotatable bonds is 7. The molecule has 0 heterocycles. The van der Waals surface area contributed by atoms with E-state index in [1.54, 1.807) is 0 Å². The van der Waals surface area contributed by atoms with Crippen molar-refractivity contribution in [1.82, 2.24) is 0 Å². The SMILES string of the molecule is CCSCCCC(C)C(N)c1ccccc1. The van der Waals surface area contributed by atoms with Crippen LogP contribution in [0.1, 0.15) is 38.3 Å². The second-order valence-corrected chi connectivity index (χ2v) is 5.65. The van der Waals surface area contributed by atoms with Crippen molar-refractivity contribution in [3.8, 4) is 0 Å². The Bertz CT molecular complexity index is 273. The Morgan fingerprint density at radius 3 is 2.56 bits per heavy atom. The van der Waals surface area contributed by atoms with E-state index in [0.717, 1.165) is 0 Å². The van der Waals surface area contributed by atoms with Gasteiger partial charge in [-0.15, -0.1) is 0 Å². The minimum absolute atomic E-state index is 0.188. The van der Waals surface area contributed by atoms with E-state index in [9.17, 15) is 0 Å². The Morgan fingerprint density at radius 1 is 1.25 bits per heavy atom. The van der Waals surface area contributed by atoms with Gasteiger partial charge in [-0.2, -0.15) is 11.8 Å². The standard InChI is InChI=1S/C14H23NS/c1-3-16-11-7-8-12(2)14(15)13-9-5-4-6-10-13/h4-6,9-10,12,14H,3,7-8,11,15H2,1-2H3. The van der Waals surface area contributed by atoms with Gasteiger partial charge in [-0.3, -0.25) is 0 Å². The highest BCUT2D eigenvalue weighted by Gasteiger charge is 2.13. The third-order valence-corrected chi connectivity index (χ3v) is 3.94. The molecular formula is C14H23NS. The van der Waals surface area contributed by atoms with Crippen molar-refractivity contribution in [3.63, 3.8) is 0 Å². The molecule has 0 aliphatic heterocycles. The summed E-state index contributed by atoms with van der Waals surface area (Å²) < 4.78 is 0. The maximum Gasteiger partial charge on any atom is 0.0320 e. The summed E-state index contributed by atoms with van der Waals surface area (Å²) in [6, 6.07) is 10.6. The first-order chi connectivity index (χ1) is 7.75. The molecule has 16 heavy (non-hydrogen) atoms. The van der Waals surface area contributed by atoms with Gasteiger partial charge >= 0.3 is 0 Å². The van der Waals surface area contributed by atoms with Crippen LogP contribution in [0, 0.1) is 5.92 Å². The number of hydrogen-bond donors (Lipinski definition) is 1. The molecule has 0 amide bonds. The predicted octanol–water partition coefficient (Wildman–Crippen LogP) is 3.86. The Labute approximate surface area is 104 Å². The average molecular weight is 237 g/mol. The molecule has 2 atom stereocenters. The van der Waals surface area contributed by atoms with Crippen molar-refractivity contribution in [1.29, 1.82) is 0 Å². The first kappa shape index (κ1) is 13.6. The zero-order valence-electron chi connectivity index (χ0n) is 10.4. The molecule has 0 aliphatic carbocycles. The van der Waals surface area contributed by atoms with E-state index >= 15 is 0 Å². The Hall–Kier alpha value is -0.470. The number of thioether (sulfide) groups is 1. The summed E-state index contributed by atoms with van der Waals surface area (Å²) in [7, 11) is 0. The van der Waals surface area contributed by atoms with Crippen LogP contribution in [0.4, 0.5) is 0 Å². The first-order valence-corrected chi connectivity index (χ1v) is 7.29. The summed E-state index contributed by atoms with van der Waals surface area (Å²) in [4.78, 5) is 0. The summed E-state index contributed by atoms with van der Waals surface area (Å²) in [5.41, 5.74) is 7.51. The second kappa shape index (κ2) is 7.75. The molecular weight excluding hydrogens is 214 g/mol. The van der Waals surface area contributed by atoms with Gasteiger partial charge in [-0.05, 0) is 35.8 Å². The van der Waals surface area contributed by atoms with Gasteiger partial charge in [0, 0.05) is 6.04 Å². The zero-order chi connectivity index (χ0) is 11.8. The van der Waals surface area contributed by atoms with Crippen molar-refractivity contribution in [2.45, 2.75) is 32.7 Å². The van der Waals surface area contributed by atoms with Crippen LogP contribution < -0.4 is 5.73 Å². The van der Waals surface area contributed by atoms with Gasteiger partial charge in [0.2, 0.25) is 0 Å². The maximum atomic E-state index is 6.25. The lowest BCUT2D eigenvalue weighted by atomic mass is 9.92. The minimum atomic E-state index is 0.188. The highest BCUT2D eigenvalue weighted by atomic mass is 32.2. The molecule has 0 fully saturated rings. The van der Waals surface area contributed by atoms with Crippen LogP contribution in [0.3, 0.4) is 0 Å². The average Bonchev–Trinajstić information content (AvgIpc) is 2.34. The van der Waals surface area contributed by atoms with Crippen molar-refractivity contribution < 1.29 is 0 Å². The fourth-order valence-electron chi connectivity index (χ4n) is 1.84. The molecule has 0 aromatic heterocycles. The summed E-state index contributed by atoms with van der Waals surface area (Å²) >= 11 is 2.02. The molecule has 0 spiro atoms. The van der Waals surface area contributed by atoms with E-state index in [-0.39, 0.29) is 6.04 Å². The molecule has 0 saturated heterocycles. The van der Waals surface area contributed by atoms with Gasteiger partial charge in [-0.25, -0.2) is 0 Å². The van der Waals surface area contributed by atoms with Crippen molar-refractivity contribution >= 4 is 11.8 Å². The predicted molar refractivity (Wildman–Crippen MR) is 74.8 cm³/mol. The lowest BCUT2D eigenvalue weighted by molar-refractivity contribution is 0.435. The molecule has 0 radical (unpaired) electrons. The molecule has 0 aliphatic rings. The largest absolute Gasteiger partial charge is 0.324 e. The van der Waals surface area contributed by atoms with E-state index in [4.69, 9.17) is 5.73 Å². The topological polar surface area (TPSA) is 26.0 Å². The number of nitrogens with two attached hydrogens (primary N) is 1. The van der Waals surface area contributed by atoms with Crippen LogP contribution in [0.5, 0.6) is 0 Å². The fourth-order valence-corrected chi connectivity index (χ4v) is 2.49. The quantitative estimate of drug-likeness (QED) is 0.729. The summed E-state index contributed by atoms with van der Waals surface area (Å²) in [5.74, 6) is 3.06. The van der Waals surface area contributed by atoms with Crippen molar-refractivity contribution in [2.75, 3.05) is 11.5 Å². The molecule has 0 bridgehead atoms. The van der Waals surface area contributed by atoms with Crippen molar-refractivity contribution in [2.24, 2.45) is 11.7 Å². The molecule has 2 N–H and O–H groups in total.